The summed E-state index contributed by atoms with van der Waals surface area (Å²) < 4.78 is 27.5. The van der Waals surface area contributed by atoms with Crippen molar-refractivity contribution in [3.63, 3.8) is 0 Å². The Morgan fingerprint density at radius 3 is 2.62 bits per heavy atom. The molecule has 8 nitrogen and oxygen atoms in total. The van der Waals surface area contributed by atoms with E-state index in [0.717, 1.165) is 5.39 Å². The number of nitrogens with one attached hydrogen (secondary N) is 1. The minimum atomic E-state index is -1.94. The summed E-state index contributed by atoms with van der Waals surface area (Å²) in [5.41, 5.74) is 0.699. The van der Waals surface area contributed by atoms with Crippen molar-refractivity contribution in [1.29, 1.82) is 0 Å². The van der Waals surface area contributed by atoms with E-state index < -0.39 is 20.3 Å². The van der Waals surface area contributed by atoms with Gasteiger partial charge in [0.15, 0.2) is 20.3 Å². The summed E-state index contributed by atoms with van der Waals surface area (Å²) in [6.45, 7) is 15.5. The zero-order chi connectivity index (χ0) is 23.5. The van der Waals surface area contributed by atoms with Crippen LogP contribution in [0, 0.1) is 0 Å². The summed E-state index contributed by atoms with van der Waals surface area (Å²) in [5, 5.41) is 4.44. The minimum absolute atomic E-state index is 0.115. The molecule has 5 unspecified atom stereocenters. The van der Waals surface area contributed by atoms with E-state index in [-0.39, 0.29) is 23.4 Å². The molecule has 0 amide bonds. The predicted molar refractivity (Wildman–Crippen MR) is 139 cm³/mol. The van der Waals surface area contributed by atoms with Gasteiger partial charge in [0, 0.05) is 12.6 Å². The van der Waals surface area contributed by atoms with Crippen molar-refractivity contribution in [2.45, 2.75) is 83.1 Å². The largest absolute Gasteiger partial charge is 0.414 e. The first-order valence-electron chi connectivity index (χ1n) is 10.6. The lowest BCUT2D eigenvalue weighted by atomic mass is 10.1. The summed E-state index contributed by atoms with van der Waals surface area (Å²) >= 11 is 8.66. The number of hydrogen-bond acceptors (Lipinski definition) is 7. The predicted octanol–water partition coefficient (Wildman–Crippen LogP) is 5.88. The molecule has 2 saturated heterocycles. The lowest BCUT2D eigenvalue weighted by Gasteiger charge is -2.37. The van der Waals surface area contributed by atoms with E-state index >= 15 is 0 Å². The van der Waals surface area contributed by atoms with Crippen LogP contribution in [0.2, 0.25) is 23.3 Å². The van der Waals surface area contributed by atoms with Crippen LogP contribution in [0.25, 0.3) is 11.0 Å². The average Bonchev–Trinajstić information content (AvgIpc) is 3.30. The van der Waals surface area contributed by atoms with Gasteiger partial charge in [-0.1, -0.05) is 32.4 Å². The molecule has 0 spiro atoms. The molecular weight excluding hydrogens is 582 g/mol. The number of rotatable bonds is 6. The summed E-state index contributed by atoms with van der Waals surface area (Å²) in [5.74, 6) is -0.205. The van der Waals surface area contributed by atoms with Gasteiger partial charge in [0.1, 0.15) is 29.1 Å². The molecule has 2 aliphatic heterocycles. The molecule has 2 fully saturated rings. The number of nitrogens with zero attached hydrogens (tertiary/aromatic N) is 3. The third kappa shape index (κ3) is 4.71. The molecule has 5 atom stereocenters. The van der Waals surface area contributed by atoms with Gasteiger partial charge in [0.05, 0.1) is 12.0 Å². The number of halogens is 2. The van der Waals surface area contributed by atoms with E-state index in [2.05, 4.69) is 71.0 Å². The standard InChI is InChI=1S/C20H31ClIN4O4PSi/c1-19(2,3)32(6,7)27-10-12-13-14(30-20(4,5)29-13)17(28-12)26-9-8-11-15(21)23-18(25-31-22)24-16(11)26/h8-9,12-14,17,31H,10H2,1-7H3,(H,23,24,25). The van der Waals surface area contributed by atoms with Crippen molar-refractivity contribution >= 4 is 65.3 Å². The first kappa shape index (κ1) is 25.0. The highest BCUT2D eigenvalue weighted by molar-refractivity contribution is 14.2. The maximum atomic E-state index is 6.51. The Balaban J connectivity index is 1.65. The molecule has 0 radical (unpaired) electrons. The van der Waals surface area contributed by atoms with Gasteiger partial charge in [-0.15, -0.1) is 0 Å². The van der Waals surface area contributed by atoms with Gasteiger partial charge >= 0.3 is 0 Å². The molecule has 178 valence electrons. The highest BCUT2D eigenvalue weighted by Gasteiger charge is 2.56. The van der Waals surface area contributed by atoms with Crippen molar-refractivity contribution in [2.24, 2.45) is 0 Å². The maximum absolute atomic E-state index is 6.51. The Bertz CT molecular complexity index is 1000. The SMILES string of the molecule is CC1(C)OC2C(CO[Si](C)(C)C(C)(C)C)OC(n3ccc4c(Cl)nc(NPI)nc43)C2O1. The van der Waals surface area contributed by atoms with Crippen LogP contribution in [0.3, 0.4) is 0 Å². The van der Waals surface area contributed by atoms with Gasteiger partial charge in [-0.25, -0.2) is 4.98 Å². The second-order valence-corrected chi connectivity index (χ2v) is 17.4. The van der Waals surface area contributed by atoms with Crippen LogP contribution in [0.1, 0.15) is 40.8 Å². The Morgan fingerprint density at radius 1 is 1.28 bits per heavy atom. The van der Waals surface area contributed by atoms with Crippen molar-refractivity contribution in [3.05, 3.63) is 17.4 Å². The quantitative estimate of drug-likeness (QED) is 0.189. The van der Waals surface area contributed by atoms with Gasteiger partial charge in [-0.2, -0.15) is 4.98 Å². The molecule has 0 bridgehead atoms. The molecule has 4 rings (SSSR count). The molecule has 2 aliphatic rings. The summed E-state index contributed by atoms with van der Waals surface area (Å²) in [6.07, 6.45) is 1.18. The van der Waals surface area contributed by atoms with Crippen molar-refractivity contribution in [2.75, 3.05) is 11.7 Å². The van der Waals surface area contributed by atoms with E-state index in [4.69, 9.17) is 30.2 Å². The second kappa shape index (κ2) is 8.86. The zero-order valence-electron chi connectivity index (χ0n) is 19.4. The lowest BCUT2D eigenvalue weighted by Crippen LogP contribution is -2.44. The fourth-order valence-electron chi connectivity index (χ4n) is 3.82. The van der Waals surface area contributed by atoms with Gasteiger partial charge < -0.3 is 28.3 Å². The zero-order valence-corrected chi connectivity index (χ0v) is 24.3. The van der Waals surface area contributed by atoms with Crippen LogP contribution in [-0.2, 0) is 18.6 Å². The normalized spacial score (nSPS) is 28.2. The van der Waals surface area contributed by atoms with Gasteiger partial charge in [0.2, 0.25) is 5.95 Å². The molecule has 4 heterocycles. The first-order chi connectivity index (χ1) is 14.8. The Morgan fingerprint density at radius 2 is 1.97 bits per heavy atom. The molecule has 2 aromatic heterocycles. The number of anilines is 1. The summed E-state index contributed by atoms with van der Waals surface area (Å²) in [6, 6.07) is 1.91. The molecule has 0 aliphatic carbocycles. The fourth-order valence-corrected chi connectivity index (χ4v) is 5.99. The second-order valence-electron chi connectivity index (χ2n) is 10.2. The van der Waals surface area contributed by atoms with Gasteiger partial charge in [-0.3, -0.25) is 0 Å². The Kier molecular flexibility index (Phi) is 6.93. The number of hydrogen-bond donors (Lipinski definition) is 1. The van der Waals surface area contributed by atoms with Crippen LogP contribution in [0.15, 0.2) is 12.3 Å². The molecule has 32 heavy (non-hydrogen) atoms. The number of aromatic nitrogens is 3. The maximum Gasteiger partial charge on any atom is 0.229 e. The van der Waals surface area contributed by atoms with E-state index in [9.17, 15) is 0 Å². The molecular formula is C20H31ClIN4O4PSi. The first-order valence-corrected chi connectivity index (χ1v) is 18.0. The number of ether oxygens (including phenoxy) is 3. The Hall–Kier alpha value is -0.0731. The number of fused-ring (bicyclic) bond motifs is 2. The fraction of sp³-hybridized carbons (Fsp3) is 0.700. The van der Waals surface area contributed by atoms with Crippen LogP contribution >= 0.6 is 40.0 Å². The molecule has 1 N–H and O–H groups in total. The van der Waals surface area contributed by atoms with Crippen LogP contribution in [-0.4, -0.2) is 53.6 Å². The highest BCUT2D eigenvalue weighted by atomic mass is 127. The van der Waals surface area contributed by atoms with Crippen LogP contribution < -0.4 is 5.09 Å². The highest BCUT2D eigenvalue weighted by Crippen LogP contribution is 2.45. The Labute approximate surface area is 209 Å². The van der Waals surface area contributed by atoms with Crippen LogP contribution in [0.4, 0.5) is 5.95 Å². The van der Waals surface area contributed by atoms with E-state index in [1.54, 1.807) is 0 Å². The van der Waals surface area contributed by atoms with Gasteiger partial charge in [-0.05, 0) is 60.1 Å². The molecule has 0 saturated carbocycles. The minimum Gasteiger partial charge on any atom is -0.414 e. The van der Waals surface area contributed by atoms with Crippen molar-refractivity contribution in [1.82, 2.24) is 14.5 Å². The third-order valence-corrected chi connectivity index (χ3v) is 12.4. The van der Waals surface area contributed by atoms with Crippen molar-refractivity contribution in [3.8, 4) is 0 Å². The van der Waals surface area contributed by atoms with Crippen molar-refractivity contribution < 1.29 is 18.6 Å². The topological polar surface area (TPSA) is 79.7 Å². The summed E-state index contributed by atoms with van der Waals surface area (Å²) in [4.78, 5) is 9.02. The molecule has 0 aromatic carbocycles. The lowest BCUT2D eigenvalue weighted by molar-refractivity contribution is -0.199. The molecule has 2 aromatic rings. The van der Waals surface area contributed by atoms with Gasteiger partial charge in [0.25, 0.3) is 0 Å². The van der Waals surface area contributed by atoms with E-state index in [1.807, 2.05) is 30.7 Å². The molecule has 12 heteroatoms. The smallest absolute Gasteiger partial charge is 0.229 e. The van der Waals surface area contributed by atoms with E-state index in [1.165, 1.54) is 0 Å². The van der Waals surface area contributed by atoms with E-state index in [0.29, 0.717) is 29.7 Å². The third-order valence-electron chi connectivity index (χ3n) is 6.50. The average molecular weight is 613 g/mol. The monoisotopic (exact) mass is 612 g/mol. The van der Waals surface area contributed by atoms with Crippen LogP contribution in [0.5, 0.6) is 0 Å². The summed E-state index contributed by atoms with van der Waals surface area (Å²) in [7, 11) is -1.94.